The third-order valence-corrected chi connectivity index (χ3v) is 5.02. The minimum absolute atomic E-state index is 0.0369. The van der Waals surface area contributed by atoms with Crippen LogP contribution in [-0.2, 0) is 16.1 Å². The lowest BCUT2D eigenvalue weighted by Crippen LogP contribution is -2.32. The number of nitrogens with one attached hydrogen (secondary N) is 1. The van der Waals surface area contributed by atoms with Crippen LogP contribution >= 0.6 is 0 Å². The minimum Gasteiger partial charge on any atom is -0.441 e. The van der Waals surface area contributed by atoms with Crippen molar-refractivity contribution in [2.24, 2.45) is 5.92 Å². The van der Waals surface area contributed by atoms with Crippen LogP contribution in [0.4, 0.5) is 0 Å². The van der Waals surface area contributed by atoms with Gasteiger partial charge in [0.15, 0.2) is 0 Å². The second-order valence-corrected chi connectivity index (χ2v) is 7.29. The molecule has 0 aliphatic heterocycles. The van der Waals surface area contributed by atoms with E-state index in [1.54, 1.807) is 6.92 Å². The van der Waals surface area contributed by atoms with E-state index < -0.39 is 0 Å². The van der Waals surface area contributed by atoms with Crippen LogP contribution in [0.15, 0.2) is 28.7 Å². The number of nitrogens with zero attached hydrogens (tertiary/aromatic N) is 1. The van der Waals surface area contributed by atoms with Gasteiger partial charge >= 0.3 is 0 Å². The molecule has 0 bridgehead atoms. The number of amides is 1. The average molecular weight is 356 g/mol. The van der Waals surface area contributed by atoms with Gasteiger partial charge in [0.05, 0.1) is 12.7 Å². The number of benzene rings is 1. The summed E-state index contributed by atoms with van der Waals surface area (Å²) in [6.45, 7) is 6.78. The zero-order valence-corrected chi connectivity index (χ0v) is 15.9. The molecule has 1 amide bonds. The summed E-state index contributed by atoms with van der Waals surface area (Å²) < 4.78 is 11.9. The highest BCUT2D eigenvalue weighted by atomic mass is 16.5. The first-order valence-corrected chi connectivity index (χ1v) is 9.40. The van der Waals surface area contributed by atoms with Crippen LogP contribution in [0.1, 0.15) is 49.6 Å². The monoisotopic (exact) mass is 356 g/mol. The van der Waals surface area contributed by atoms with Gasteiger partial charge in [-0.25, -0.2) is 4.98 Å². The summed E-state index contributed by atoms with van der Waals surface area (Å²) in [7, 11) is 0. The minimum atomic E-state index is 0.0369. The highest BCUT2D eigenvalue weighted by Gasteiger charge is 2.23. The van der Waals surface area contributed by atoms with Crippen LogP contribution in [0.3, 0.4) is 0 Å². The Morgan fingerprint density at radius 1 is 1.27 bits per heavy atom. The molecule has 1 saturated carbocycles. The van der Waals surface area contributed by atoms with Gasteiger partial charge in [0, 0.05) is 19.0 Å². The molecule has 0 radical (unpaired) electrons. The summed E-state index contributed by atoms with van der Waals surface area (Å²) in [6.07, 6.45) is 4.57. The summed E-state index contributed by atoms with van der Waals surface area (Å²) in [6, 6.07) is 8.17. The Bertz CT molecular complexity index is 736. The van der Waals surface area contributed by atoms with Crippen molar-refractivity contribution in [2.75, 3.05) is 6.54 Å². The molecule has 1 aromatic carbocycles. The molecule has 140 valence electrons. The number of hydrogen-bond donors (Lipinski definition) is 1. The molecule has 0 spiro atoms. The number of carbonyl (C=O) groups is 1. The van der Waals surface area contributed by atoms with Crippen molar-refractivity contribution in [2.45, 2.75) is 59.2 Å². The van der Waals surface area contributed by atoms with Gasteiger partial charge < -0.3 is 14.5 Å². The molecule has 1 heterocycles. The standard InChI is InChI=1S/C21H28N2O3/c1-14-7-9-18(10-8-14)21-23-20(15(2)26-21)13-25-19-6-4-5-17(11-19)12-22-16(3)24/h7-10,17,19H,4-6,11-13H2,1-3H3,(H,22,24)/t17-,19+/m0/s1. The molecule has 5 heteroatoms. The first-order valence-electron chi connectivity index (χ1n) is 9.40. The molecule has 2 atom stereocenters. The van der Waals surface area contributed by atoms with E-state index in [0.29, 0.717) is 18.4 Å². The lowest BCUT2D eigenvalue weighted by molar-refractivity contribution is -0.119. The number of carbonyl (C=O) groups excluding carboxylic acids is 1. The van der Waals surface area contributed by atoms with Gasteiger partial charge in [-0.15, -0.1) is 0 Å². The fraction of sp³-hybridized carbons (Fsp3) is 0.524. The second kappa shape index (κ2) is 8.49. The molecule has 1 fully saturated rings. The Hall–Kier alpha value is -2.14. The molecular weight excluding hydrogens is 328 g/mol. The lowest BCUT2D eigenvalue weighted by Gasteiger charge is -2.29. The molecule has 26 heavy (non-hydrogen) atoms. The summed E-state index contributed by atoms with van der Waals surface area (Å²) in [4.78, 5) is 15.7. The van der Waals surface area contributed by atoms with Crippen molar-refractivity contribution in [3.8, 4) is 11.5 Å². The van der Waals surface area contributed by atoms with Gasteiger partial charge in [-0.1, -0.05) is 24.1 Å². The molecule has 1 aliphatic carbocycles. The van der Waals surface area contributed by atoms with Gasteiger partial charge in [0.25, 0.3) is 0 Å². The first-order chi connectivity index (χ1) is 12.5. The molecular formula is C21H28N2O3. The fourth-order valence-corrected chi connectivity index (χ4v) is 3.44. The molecule has 3 rings (SSSR count). The number of hydrogen-bond acceptors (Lipinski definition) is 4. The second-order valence-electron chi connectivity index (χ2n) is 7.29. The highest BCUT2D eigenvalue weighted by molar-refractivity contribution is 5.72. The SMILES string of the molecule is CC(=O)NC[C@H]1CCC[C@@H](OCc2nc(-c3ccc(C)cc3)oc2C)C1. The maximum absolute atomic E-state index is 11.1. The van der Waals surface area contributed by atoms with Crippen LogP contribution < -0.4 is 5.32 Å². The Morgan fingerprint density at radius 2 is 2.04 bits per heavy atom. The topological polar surface area (TPSA) is 64.4 Å². The van der Waals surface area contributed by atoms with Crippen molar-refractivity contribution < 1.29 is 13.9 Å². The number of aromatic nitrogens is 1. The van der Waals surface area contributed by atoms with Crippen LogP contribution in [0.25, 0.3) is 11.5 Å². The van der Waals surface area contributed by atoms with Crippen molar-refractivity contribution in [3.05, 3.63) is 41.3 Å². The fourth-order valence-electron chi connectivity index (χ4n) is 3.44. The van der Waals surface area contributed by atoms with Gasteiger partial charge in [-0.05, 0) is 51.2 Å². The van der Waals surface area contributed by atoms with E-state index in [9.17, 15) is 4.79 Å². The molecule has 1 aliphatic rings. The van der Waals surface area contributed by atoms with Gasteiger partial charge in [-0.2, -0.15) is 0 Å². The molecule has 5 nitrogen and oxygen atoms in total. The summed E-state index contributed by atoms with van der Waals surface area (Å²) >= 11 is 0. The number of aryl methyl sites for hydroxylation is 2. The van der Waals surface area contributed by atoms with E-state index in [1.165, 1.54) is 5.56 Å². The zero-order chi connectivity index (χ0) is 18.5. The van der Waals surface area contributed by atoms with Crippen molar-refractivity contribution in [3.63, 3.8) is 0 Å². The Balaban J connectivity index is 1.56. The van der Waals surface area contributed by atoms with E-state index in [4.69, 9.17) is 9.15 Å². The van der Waals surface area contributed by atoms with E-state index in [2.05, 4.69) is 29.4 Å². The van der Waals surface area contributed by atoms with Crippen molar-refractivity contribution in [1.82, 2.24) is 10.3 Å². The van der Waals surface area contributed by atoms with Crippen LogP contribution in [0.5, 0.6) is 0 Å². The van der Waals surface area contributed by atoms with E-state index in [0.717, 1.165) is 49.2 Å². The predicted octanol–water partition coefficient (Wildman–Crippen LogP) is 4.17. The van der Waals surface area contributed by atoms with Crippen LogP contribution in [0.2, 0.25) is 0 Å². The van der Waals surface area contributed by atoms with E-state index in [1.807, 2.05) is 19.1 Å². The third-order valence-electron chi connectivity index (χ3n) is 5.02. The average Bonchev–Trinajstić information content (AvgIpc) is 3.00. The number of rotatable bonds is 6. The normalized spacial score (nSPS) is 20.1. The highest BCUT2D eigenvalue weighted by Crippen LogP contribution is 2.28. The number of oxazole rings is 1. The Kier molecular flexibility index (Phi) is 6.09. The summed E-state index contributed by atoms with van der Waals surface area (Å²) in [5.74, 6) is 1.99. The van der Waals surface area contributed by atoms with Crippen molar-refractivity contribution in [1.29, 1.82) is 0 Å². The molecule has 0 unspecified atom stereocenters. The van der Waals surface area contributed by atoms with Gasteiger partial charge in [-0.3, -0.25) is 4.79 Å². The quantitative estimate of drug-likeness (QED) is 0.844. The van der Waals surface area contributed by atoms with Crippen LogP contribution in [0, 0.1) is 19.8 Å². The van der Waals surface area contributed by atoms with E-state index in [-0.39, 0.29) is 12.0 Å². The maximum atomic E-state index is 11.1. The summed E-state index contributed by atoms with van der Waals surface area (Å²) in [5, 5.41) is 2.92. The molecule has 2 aromatic rings. The smallest absolute Gasteiger partial charge is 0.226 e. The molecule has 1 aromatic heterocycles. The largest absolute Gasteiger partial charge is 0.441 e. The van der Waals surface area contributed by atoms with Gasteiger partial charge in [0.2, 0.25) is 11.8 Å². The zero-order valence-electron chi connectivity index (χ0n) is 15.9. The summed E-state index contributed by atoms with van der Waals surface area (Å²) in [5.41, 5.74) is 3.06. The first kappa shape index (κ1) is 18.6. The van der Waals surface area contributed by atoms with E-state index >= 15 is 0 Å². The Morgan fingerprint density at radius 3 is 2.77 bits per heavy atom. The third kappa shape index (κ3) is 4.94. The van der Waals surface area contributed by atoms with Gasteiger partial charge in [0.1, 0.15) is 11.5 Å². The maximum Gasteiger partial charge on any atom is 0.226 e. The lowest BCUT2D eigenvalue weighted by atomic mass is 9.87. The van der Waals surface area contributed by atoms with Crippen molar-refractivity contribution >= 4 is 5.91 Å². The number of ether oxygens (including phenoxy) is 1. The Labute approximate surface area is 155 Å². The molecule has 1 N–H and O–H groups in total. The van der Waals surface area contributed by atoms with Crippen LogP contribution in [-0.4, -0.2) is 23.5 Å². The predicted molar refractivity (Wildman–Crippen MR) is 101 cm³/mol. The molecule has 0 saturated heterocycles.